The van der Waals surface area contributed by atoms with Gasteiger partial charge >= 0.3 is 0 Å². The van der Waals surface area contributed by atoms with E-state index in [9.17, 15) is 4.79 Å². The number of methoxy groups -OCH3 is 1. The third-order valence-electron chi connectivity index (χ3n) is 4.71. The van der Waals surface area contributed by atoms with Crippen molar-refractivity contribution in [2.45, 2.75) is 31.1 Å². The molecule has 3 heteroatoms. The first kappa shape index (κ1) is 12.7. The second-order valence-electron chi connectivity index (χ2n) is 5.76. The second kappa shape index (κ2) is 4.97. The molecule has 19 heavy (non-hydrogen) atoms. The molecule has 0 aromatic heterocycles. The van der Waals surface area contributed by atoms with Crippen molar-refractivity contribution < 1.29 is 9.53 Å². The Hall–Kier alpha value is -1.35. The van der Waals surface area contributed by atoms with E-state index in [2.05, 4.69) is 29.6 Å². The zero-order valence-electron chi connectivity index (χ0n) is 11.4. The molecule has 2 unspecified atom stereocenters. The van der Waals surface area contributed by atoms with Crippen molar-refractivity contribution in [3.63, 3.8) is 0 Å². The first-order chi connectivity index (χ1) is 9.26. The van der Waals surface area contributed by atoms with Crippen molar-refractivity contribution in [2.75, 3.05) is 20.3 Å². The number of nitrogens with one attached hydrogen (secondary N) is 1. The minimum Gasteiger partial charge on any atom is -0.384 e. The smallest absolute Gasteiger partial charge is 0.222 e. The Balaban J connectivity index is 1.56. The highest BCUT2D eigenvalue weighted by atomic mass is 16.5. The zero-order valence-corrected chi connectivity index (χ0v) is 11.4. The van der Waals surface area contributed by atoms with Gasteiger partial charge in [0, 0.05) is 25.5 Å². The number of carbonyl (C=O) groups excluding carboxylic acids is 1. The molecule has 2 atom stereocenters. The molecule has 3 rings (SSSR count). The number of fused-ring (bicyclic) bond motifs is 2. The molecule has 1 amide bonds. The summed E-state index contributed by atoms with van der Waals surface area (Å²) in [6.45, 7) is 1.32. The molecule has 102 valence electrons. The fraction of sp³-hybridized carbons (Fsp3) is 0.562. The van der Waals surface area contributed by atoms with Crippen LogP contribution in [0.5, 0.6) is 0 Å². The van der Waals surface area contributed by atoms with Crippen LogP contribution < -0.4 is 5.32 Å². The monoisotopic (exact) mass is 259 g/mol. The summed E-state index contributed by atoms with van der Waals surface area (Å²) in [5.74, 6) is 0.734. The minimum absolute atomic E-state index is 0.107. The van der Waals surface area contributed by atoms with Crippen LogP contribution in [0.25, 0.3) is 0 Å². The fourth-order valence-electron chi connectivity index (χ4n) is 3.52. The van der Waals surface area contributed by atoms with Crippen LogP contribution in [0.3, 0.4) is 0 Å². The molecular formula is C16H21NO2. The van der Waals surface area contributed by atoms with Gasteiger partial charge in [-0.15, -0.1) is 0 Å². The average molecular weight is 259 g/mol. The number of hydrogen-bond donors (Lipinski definition) is 1. The number of benzene rings is 1. The molecular weight excluding hydrogens is 238 g/mol. The van der Waals surface area contributed by atoms with Crippen LogP contribution >= 0.6 is 0 Å². The van der Waals surface area contributed by atoms with Gasteiger partial charge in [-0.3, -0.25) is 4.79 Å². The Bertz CT molecular complexity index is 485. The van der Waals surface area contributed by atoms with E-state index in [1.807, 2.05) is 0 Å². The summed E-state index contributed by atoms with van der Waals surface area (Å²) in [7, 11) is 1.62. The van der Waals surface area contributed by atoms with Crippen LogP contribution in [0, 0.1) is 5.92 Å². The maximum Gasteiger partial charge on any atom is 0.222 e. The SMILES string of the molecule is COCCC(=O)NCC1CC12CCc1ccccc12. The molecule has 0 aliphatic heterocycles. The quantitative estimate of drug-likeness (QED) is 0.879. The topological polar surface area (TPSA) is 38.3 Å². The lowest BCUT2D eigenvalue weighted by molar-refractivity contribution is -0.122. The van der Waals surface area contributed by atoms with Gasteiger partial charge in [0.05, 0.1) is 6.61 Å². The second-order valence-corrected chi connectivity index (χ2v) is 5.76. The Morgan fingerprint density at radius 3 is 3.16 bits per heavy atom. The van der Waals surface area contributed by atoms with E-state index in [1.165, 1.54) is 30.4 Å². The van der Waals surface area contributed by atoms with Crippen molar-refractivity contribution >= 4 is 5.91 Å². The van der Waals surface area contributed by atoms with Gasteiger partial charge in [-0.05, 0) is 36.3 Å². The summed E-state index contributed by atoms with van der Waals surface area (Å²) < 4.78 is 4.91. The van der Waals surface area contributed by atoms with Crippen molar-refractivity contribution in [1.29, 1.82) is 0 Å². The summed E-state index contributed by atoms with van der Waals surface area (Å²) in [4.78, 5) is 11.6. The van der Waals surface area contributed by atoms with Gasteiger partial charge in [0.2, 0.25) is 5.91 Å². The third kappa shape index (κ3) is 2.27. The molecule has 0 bridgehead atoms. The third-order valence-corrected chi connectivity index (χ3v) is 4.71. The first-order valence-electron chi connectivity index (χ1n) is 7.10. The highest BCUT2D eigenvalue weighted by Gasteiger charge is 2.57. The van der Waals surface area contributed by atoms with E-state index >= 15 is 0 Å². The van der Waals surface area contributed by atoms with Crippen molar-refractivity contribution in [3.05, 3.63) is 35.4 Å². The Morgan fingerprint density at radius 1 is 1.47 bits per heavy atom. The largest absolute Gasteiger partial charge is 0.384 e. The summed E-state index contributed by atoms with van der Waals surface area (Å²) >= 11 is 0. The molecule has 2 aliphatic rings. The molecule has 1 saturated carbocycles. The normalized spacial score (nSPS) is 27.3. The number of carbonyl (C=O) groups is 1. The number of amides is 1. The summed E-state index contributed by atoms with van der Waals surface area (Å²) in [5, 5.41) is 3.04. The van der Waals surface area contributed by atoms with Crippen LogP contribution in [0.1, 0.15) is 30.4 Å². The number of rotatable bonds is 5. The Labute approximate surface area is 114 Å². The number of ether oxygens (including phenoxy) is 1. The van der Waals surface area contributed by atoms with E-state index in [0.717, 1.165) is 6.54 Å². The van der Waals surface area contributed by atoms with E-state index in [1.54, 1.807) is 7.11 Å². The van der Waals surface area contributed by atoms with Crippen molar-refractivity contribution in [3.8, 4) is 0 Å². The van der Waals surface area contributed by atoms with Gasteiger partial charge in [0.15, 0.2) is 0 Å². The molecule has 1 aromatic rings. The molecule has 2 aliphatic carbocycles. The van der Waals surface area contributed by atoms with Crippen LogP contribution in [0.4, 0.5) is 0 Å². The number of hydrogen-bond acceptors (Lipinski definition) is 2. The molecule has 1 fully saturated rings. The molecule has 0 saturated heterocycles. The lowest BCUT2D eigenvalue weighted by Crippen LogP contribution is -2.28. The van der Waals surface area contributed by atoms with E-state index in [0.29, 0.717) is 24.4 Å². The van der Waals surface area contributed by atoms with Gasteiger partial charge in [0.1, 0.15) is 0 Å². The van der Waals surface area contributed by atoms with E-state index in [4.69, 9.17) is 4.74 Å². The van der Waals surface area contributed by atoms with Crippen molar-refractivity contribution in [1.82, 2.24) is 5.32 Å². The summed E-state index contributed by atoms with van der Waals surface area (Å²) in [6, 6.07) is 8.78. The molecule has 1 spiro atoms. The van der Waals surface area contributed by atoms with Crippen LogP contribution in [0.2, 0.25) is 0 Å². The highest BCUT2D eigenvalue weighted by molar-refractivity contribution is 5.76. The standard InChI is InChI=1S/C16H21NO2/c1-19-9-7-15(18)17-11-13-10-16(13)8-6-12-4-2-3-5-14(12)16/h2-5,13H,6-11H2,1H3,(H,17,18). The van der Waals surface area contributed by atoms with Crippen LogP contribution in [0.15, 0.2) is 24.3 Å². The van der Waals surface area contributed by atoms with Crippen molar-refractivity contribution in [2.24, 2.45) is 5.92 Å². The molecule has 1 aromatic carbocycles. The first-order valence-corrected chi connectivity index (χ1v) is 7.10. The number of aryl methyl sites for hydroxylation is 1. The summed E-state index contributed by atoms with van der Waals surface area (Å²) in [5.41, 5.74) is 3.42. The lowest BCUT2D eigenvalue weighted by atomic mass is 9.95. The molecule has 0 heterocycles. The maximum atomic E-state index is 11.6. The lowest BCUT2D eigenvalue weighted by Gasteiger charge is -2.12. The van der Waals surface area contributed by atoms with E-state index < -0.39 is 0 Å². The maximum absolute atomic E-state index is 11.6. The van der Waals surface area contributed by atoms with Gasteiger partial charge in [-0.1, -0.05) is 24.3 Å². The molecule has 0 radical (unpaired) electrons. The predicted octanol–water partition coefficient (Wildman–Crippen LogP) is 2.04. The highest BCUT2D eigenvalue weighted by Crippen LogP contribution is 2.61. The average Bonchev–Trinajstić information content (AvgIpc) is 3.02. The van der Waals surface area contributed by atoms with Gasteiger partial charge < -0.3 is 10.1 Å². The Kier molecular flexibility index (Phi) is 3.31. The predicted molar refractivity (Wildman–Crippen MR) is 74.1 cm³/mol. The Morgan fingerprint density at radius 2 is 2.32 bits per heavy atom. The van der Waals surface area contributed by atoms with Gasteiger partial charge in [0.25, 0.3) is 0 Å². The van der Waals surface area contributed by atoms with Gasteiger partial charge in [-0.25, -0.2) is 0 Å². The van der Waals surface area contributed by atoms with Gasteiger partial charge in [-0.2, -0.15) is 0 Å². The fourth-order valence-corrected chi connectivity index (χ4v) is 3.52. The van der Waals surface area contributed by atoms with E-state index in [-0.39, 0.29) is 5.91 Å². The van der Waals surface area contributed by atoms with Crippen LogP contribution in [-0.4, -0.2) is 26.2 Å². The molecule has 3 nitrogen and oxygen atoms in total. The van der Waals surface area contributed by atoms with Crippen LogP contribution in [-0.2, 0) is 21.4 Å². The summed E-state index contributed by atoms with van der Waals surface area (Å²) in [6.07, 6.45) is 4.15. The molecule has 1 N–H and O–H groups in total. The zero-order chi connectivity index (χ0) is 13.3. The minimum atomic E-state index is 0.107.